The Labute approximate surface area is 111 Å². The molecule has 18 heavy (non-hydrogen) atoms. The standard InChI is InChI=1S/C16H26O2/c1-3-5-6-7-8-12-15(17)14-11-9-10-13-16(14)18-4-2/h9-11,13,15,17H,3-8,12H2,1-2H3. The number of ether oxygens (including phenoxy) is 1. The number of para-hydroxylation sites is 1. The van der Waals surface area contributed by atoms with E-state index in [0.717, 1.165) is 24.2 Å². The fraction of sp³-hybridized carbons (Fsp3) is 0.625. The monoisotopic (exact) mass is 250 g/mol. The fourth-order valence-corrected chi connectivity index (χ4v) is 2.14. The highest BCUT2D eigenvalue weighted by atomic mass is 16.5. The SMILES string of the molecule is CCCCCCCC(O)c1ccccc1OCC. The van der Waals surface area contributed by atoms with Crippen molar-refractivity contribution in [2.24, 2.45) is 0 Å². The first-order valence-electron chi connectivity index (χ1n) is 7.19. The van der Waals surface area contributed by atoms with Crippen molar-refractivity contribution in [1.82, 2.24) is 0 Å². The van der Waals surface area contributed by atoms with Gasteiger partial charge in [0.05, 0.1) is 12.7 Å². The molecule has 1 rings (SSSR count). The normalized spacial score (nSPS) is 12.4. The number of hydrogen-bond donors (Lipinski definition) is 1. The van der Waals surface area contributed by atoms with Crippen LogP contribution < -0.4 is 4.74 Å². The first-order chi connectivity index (χ1) is 8.79. The van der Waals surface area contributed by atoms with E-state index in [1.165, 1.54) is 25.7 Å². The van der Waals surface area contributed by atoms with Gasteiger partial charge in [0.25, 0.3) is 0 Å². The Morgan fingerprint density at radius 3 is 2.50 bits per heavy atom. The summed E-state index contributed by atoms with van der Waals surface area (Å²) in [5.41, 5.74) is 0.926. The van der Waals surface area contributed by atoms with Gasteiger partial charge in [-0.1, -0.05) is 57.2 Å². The van der Waals surface area contributed by atoms with Gasteiger partial charge in [-0.2, -0.15) is 0 Å². The summed E-state index contributed by atoms with van der Waals surface area (Å²) in [5.74, 6) is 0.820. The van der Waals surface area contributed by atoms with Crippen LogP contribution in [0, 0.1) is 0 Å². The predicted molar refractivity (Wildman–Crippen MR) is 75.9 cm³/mol. The molecular weight excluding hydrogens is 224 g/mol. The van der Waals surface area contributed by atoms with Gasteiger partial charge in [0.2, 0.25) is 0 Å². The molecule has 1 N–H and O–H groups in total. The smallest absolute Gasteiger partial charge is 0.125 e. The van der Waals surface area contributed by atoms with Crippen LogP contribution in [-0.4, -0.2) is 11.7 Å². The quantitative estimate of drug-likeness (QED) is 0.655. The number of rotatable bonds is 9. The molecule has 0 spiro atoms. The molecular formula is C16H26O2. The summed E-state index contributed by atoms with van der Waals surface area (Å²) in [5, 5.41) is 10.2. The maximum absolute atomic E-state index is 10.2. The van der Waals surface area contributed by atoms with Crippen molar-refractivity contribution < 1.29 is 9.84 Å². The molecule has 102 valence electrons. The van der Waals surface area contributed by atoms with Gasteiger partial charge >= 0.3 is 0 Å². The van der Waals surface area contributed by atoms with E-state index in [1.54, 1.807) is 0 Å². The Hall–Kier alpha value is -1.02. The van der Waals surface area contributed by atoms with E-state index in [2.05, 4.69) is 6.92 Å². The molecule has 0 aliphatic heterocycles. The molecule has 0 heterocycles. The molecule has 0 aliphatic rings. The summed E-state index contributed by atoms with van der Waals surface area (Å²) in [7, 11) is 0. The molecule has 0 saturated carbocycles. The minimum Gasteiger partial charge on any atom is -0.493 e. The molecule has 0 bridgehead atoms. The Morgan fingerprint density at radius 2 is 1.78 bits per heavy atom. The Morgan fingerprint density at radius 1 is 1.06 bits per heavy atom. The first-order valence-corrected chi connectivity index (χ1v) is 7.19. The van der Waals surface area contributed by atoms with Gasteiger partial charge in [0, 0.05) is 5.56 Å². The lowest BCUT2D eigenvalue weighted by Crippen LogP contribution is -2.02. The van der Waals surface area contributed by atoms with E-state index in [-0.39, 0.29) is 0 Å². The van der Waals surface area contributed by atoms with Crippen LogP contribution in [0.1, 0.15) is 64.0 Å². The van der Waals surface area contributed by atoms with Crippen LogP contribution in [-0.2, 0) is 0 Å². The van der Waals surface area contributed by atoms with Crippen LogP contribution in [0.4, 0.5) is 0 Å². The van der Waals surface area contributed by atoms with Gasteiger partial charge in [-0.15, -0.1) is 0 Å². The summed E-state index contributed by atoms with van der Waals surface area (Å²) in [6.45, 7) is 4.82. The fourth-order valence-electron chi connectivity index (χ4n) is 2.14. The van der Waals surface area contributed by atoms with Gasteiger partial charge in [-0.05, 0) is 19.4 Å². The average molecular weight is 250 g/mol. The van der Waals surface area contributed by atoms with Crippen molar-refractivity contribution in [1.29, 1.82) is 0 Å². The predicted octanol–water partition coefficient (Wildman–Crippen LogP) is 4.48. The van der Waals surface area contributed by atoms with E-state index in [0.29, 0.717) is 6.61 Å². The van der Waals surface area contributed by atoms with Crippen molar-refractivity contribution in [3.8, 4) is 5.75 Å². The molecule has 0 radical (unpaired) electrons. The topological polar surface area (TPSA) is 29.5 Å². The lowest BCUT2D eigenvalue weighted by Gasteiger charge is -2.15. The van der Waals surface area contributed by atoms with Crippen molar-refractivity contribution >= 4 is 0 Å². The third kappa shape index (κ3) is 5.09. The summed E-state index contributed by atoms with van der Waals surface area (Å²) >= 11 is 0. The van der Waals surface area contributed by atoms with Gasteiger partial charge in [-0.25, -0.2) is 0 Å². The minimum atomic E-state index is -0.394. The summed E-state index contributed by atoms with van der Waals surface area (Å²) < 4.78 is 5.54. The van der Waals surface area contributed by atoms with Crippen LogP contribution in [0.25, 0.3) is 0 Å². The minimum absolute atomic E-state index is 0.394. The second-order valence-corrected chi connectivity index (χ2v) is 4.69. The largest absolute Gasteiger partial charge is 0.493 e. The molecule has 0 amide bonds. The van der Waals surface area contributed by atoms with Crippen LogP contribution >= 0.6 is 0 Å². The third-order valence-corrected chi connectivity index (χ3v) is 3.16. The second kappa shape index (κ2) is 8.98. The highest BCUT2D eigenvalue weighted by molar-refractivity contribution is 5.34. The van der Waals surface area contributed by atoms with Crippen molar-refractivity contribution in [2.45, 2.75) is 58.5 Å². The zero-order valence-corrected chi connectivity index (χ0v) is 11.7. The van der Waals surface area contributed by atoms with E-state index < -0.39 is 6.10 Å². The summed E-state index contributed by atoms with van der Waals surface area (Å²) in [4.78, 5) is 0. The van der Waals surface area contributed by atoms with Crippen molar-refractivity contribution in [3.63, 3.8) is 0 Å². The molecule has 1 aromatic carbocycles. The Kier molecular flexibility index (Phi) is 7.51. The molecule has 2 heteroatoms. The first kappa shape index (κ1) is 15.0. The van der Waals surface area contributed by atoms with Crippen LogP contribution in [0.2, 0.25) is 0 Å². The molecule has 0 fully saturated rings. The molecule has 0 saturated heterocycles. The zero-order valence-electron chi connectivity index (χ0n) is 11.7. The number of unbranched alkanes of at least 4 members (excludes halogenated alkanes) is 4. The average Bonchev–Trinajstić information content (AvgIpc) is 2.39. The highest BCUT2D eigenvalue weighted by Gasteiger charge is 2.12. The van der Waals surface area contributed by atoms with Gasteiger partial charge in [0.15, 0.2) is 0 Å². The van der Waals surface area contributed by atoms with Crippen molar-refractivity contribution in [2.75, 3.05) is 6.61 Å². The van der Waals surface area contributed by atoms with Crippen LogP contribution in [0.3, 0.4) is 0 Å². The van der Waals surface area contributed by atoms with E-state index >= 15 is 0 Å². The molecule has 0 aliphatic carbocycles. The zero-order chi connectivity index (χ0) is 13.2. The molecule has 1 aromatic rings. The molecule has 1 unspecified atom stereocenters. The van der Waals surface area contributed by atoms with E-state index in [1.807, 2.05) is 31.2 Å². The number of benzene rings is 1. The lowest BCUT2D eigenvalue weighted by molar-refractivity contribution is 0.158. The maximum Gasteiger partial charge on any atom is 0.125 e. The van der Waals surface area contributed by atoms with Crippen molar-refractivity contribution in [3.05, 3.63) is 29.8 Å². The van der Waals surface area contributed by atoms with Crippen LogP contribution in [0.5, 0.6) is 5.75 Å². The third-order valence-electron chi connectivity index (χ3n) is 3.16. The van der Waals surface area contributed by atoms with Gasteiger partial charge < -0.3 is 9.84 Å². The van der Waals surface area contributed by atoms with Crippen LogP contribution in [0.15, 0.2) is 24.3 Å². The molecule has 1 atom stereocenters. The van der Waals surface area contributed by atoms with Gasteiger partial charge in [0.1, 0.15) is 5.75 Å². The van der Waals surface area contributed by atoms with Gasteiger partial charge in [-0.3, -0.25) is 0 Å². The summed E-state index contributed by atoms with van der Waals surface area (Å²) in [6, 6.07) is 7.79. The number of aliphatic hydroxyl groups excluding tert-OH is 1. The molecule has 0 aromatic heterocycles. The Balaban J connectivity index is 2.42. The summed E-state index contributed by atoms with van der Waals surface area (Å²) in [6.07, 6.45) is 6.56. The lowest BCUT2D eigenvalue weighted by atomic mass is 10.0. The van der Waals surface area contributed by atoms with E-state index in [4.69, 9.17) is 4.74 Å². The maximum atomic E-state index is 10.2. The molecule has 2 nitrogen and oxygen atoms in total. The second-order valence-electron chi connectivity index (χ2n) is 4.69. The Bertz CT molecular complexity index is 323. The highest BCUT2D eigenvalue weighted by Crippen LogP contribution is 2.28. The number of aliphatic hydroxyl groups is 1. The van der Waals surface area contributed by atoms with E-state index in [9.17, 15) is 5.11 Å². The number of hydrogen-bond acceptors (Lipinski definition) is 2.